The Kier molecular flexibility index (Phi) is 4.04. The Labute approximate surface area is 150 Å². The minimum atomic E-state index is -0.404. The summed E-state index contributed by atoms with van der Waals surface area (Å²) >= 11 is 6.27. The molecule has 6 heteroatoms. The van der Waals surface area contributed by atoms with E-state index < -0.39 is 5.97 Å². The number of fused-ring (bicyclic) bond motifs is 2. The maximum atomic E-state index is 12.9. The lowest BCUT2D eigenvalue weighted by atomic mass is 9.91. The van der Waals surface area contributed by atoms with Crippen molar-refractivity contribution in [2.24, 2.45) is 11.8 Å². The summed E-state index contributed by atoms with van der Waals surface area (Å²) < 4.78 is 10.5. The van der Waals surface area contributed by atoms with Crippen molar-refractivity contribution in [2.75, 3.05) is 20.3 Å². The SMILES string of the molecule is COC(=O)c1ccc2c(c1)OCCC2N1CC2C=CC=C(Cl)C2C1=O. The van der Waals surface area contributed by atoms with E-state index in [1.807, 2.05) is 17.0 Å². The number of rotatable bonds is 2. The fourth-order valence-corrected chi connectivity index (χ4v) is 4.22. The molecule has 1 saturated heterocycles. The molecule has 1 amide bonds. The summed E-state index contributed by atoms with van der Waals surface area (Å²) in [5, 5.41) is 0.605. The van der Waals surface area contributed by atoms with Gasteiger partial charge in [-0.1, -0.05) is 29.8 Å². The van der Waals surface area contributed by atoms with Crippen LogP contribution < -0.4 is 4.74 Å². The van der Waals surface area contributed by atoms with Crippen molar-refractivity contribution in [3.8, 4) is 5.75 Å². The third-order valence-corrected chi connectivity index (χ3v) is 5.48. The molecule has 3 atom stereocenters. The molecule has 0 bridgehead atoms. The van der Waals surface area contributed by atoms with Crippen LogP contribution in [-0.2, 0) is 9.53 Å². The number of nitrogens with zero attached hydrogens (tertiary/aromatic N) is 1. The molecule has 4 rings (SSSR count). The molecule has 0 spiro atoms. The van der Waals surface area contributed by atoms with Crippen LogP contribution in [0.1, 0.15) is 28.4 Å². The quantitative estimate of drug-likeness (QED) is 0.761. The van der Waals surface area contributed by atoms with Crippen LogP contribution in [0.15, 0.2) is 41.5 Å². The number of esters is 1. The number of hydrogen-bond donors (Lipinski definition) is 0. The van der Waals surface area contributed by atoms with E-state index in [0.717, 1.165) is 12.0 Å². The van der Waals surface area contributed by atoms with Crippen molar-refractivity contribution in [1.29, 1.82) is 0 Å². The Morgan fingerprint density at radius 3 is 3.00 bits per heavy atom. The molecule has 5 nitrogen and oxygen atoms in total. The number of ether oxygens (including phenoxy) is 2. The van der Waals surface area contributed by atoms with E-state index in [2.05, 4.69) is 6.08 Å². The number of halogens is 1. The molecule has 0 radical (unpaired) electrons. The van der Waals surface area contributed by atoms with Crippen LogP contribution in [0, 0.1) is 11.8 Å². The van der Waals surface area contributed by atoms with Crippen LogP contribution in [-0.4, -0.2) is 37.0 Å². The Morgan fingerprint density at radius 1 is 1.40 bits per heavy atom. The van der Waals surface area contributed by atoms with E-state index in [-0.39, 0.29) is 23.8 Å². The summed E-state index contributed by atoms with van der Waals surface area (Å²) in [5.41, 5.74) is 1.37. The highest BCUT2D eigenvalue weighted by atomic mass is 35.5. The average Bonchev–Trinajstić information content (AvgIpc) is 2.98. The highest BCUT2D eigenvalue weighted by molar-refractivity contribution is 6.31. The Bertz CT molecular complexity index is 801. The molecule has 0 aromatic heterocycles. The first-order valence-electron chi connectivity index (χ1n) is 8.29. The van der Waals surface area contributed by atoms with Gasteiger partial charge in [-0.3, -0.25) is 4.79 Å². The second-order valence-corrected chi connectivity index (χ2v) is 6.90. The van der Waals surface area contributed by atoms with Crippen LogP contribution in [0.25, 0.3) is 0 Å². The molecule has 1 fully saturated rings. The van der Waals surface area contributed by atoms with Gasteiger partial charge in [0.05, 0.1) is 31.2 Å². The third kappa shape index (κ3) is 2.63. The van der Waals surface area contributed by atoms with E-state index in [0.29, 0.717) is 29.5 Å². The molecule has 0 saturated carbocycles. The van der Waals surface area contributed by atoms with Gasteiger partial charge in [-0.05, 0) is 18.2 Å². The van der Waals surface area contributed by atoms with Crippen molar-refractivity contribution in [2.45, 2.75) is 12.5 Å². The van der Waals surface area contributed by atoms with Gasteiger partial charge in [0, 0.05) is 29.5 Å². The lowest BCUT2D eigenvalue weighted by Gasteiger charge is -2.33. The Balaban J connectivity index is 1.65. The topological polar surface area (TPSA) is 55.8 Å². The Morgan fingerprint density at radius 2 is 2.24 bits per heavy atom. The molecule has 3 aliphatic rings. The first-order valence-corrected chi connectivity index (χ1v) is 8.67. The number of hydrogen-bond acceptors (Lipinski definition) is 4. The van der Waals surface area contributed by atoms with E-state index >= 15 is 0 Å². The second-order valence-electron chi connectivity index (χ2n) is 6.47. The highest BCUT2D eigenvalue weighted by Gasteiger charge is 2.45. The third-order valence-electron chi connectivity index (χ3n) is 5.11. The van der Waals surface area contributed by atoms with Crippen LogP contribution in [0.4, 0.5) is 0 Å². The number of carbonyl (C=O) groups excluding carboxylic acids is 2. The summed E-state index contributed by atoms with van der Waals surface area (Å²) in [4.78, 5) is 26.6. The molecule has 1 aromatic carbocycles. The largest absolute Gasteiger partial charge is 0.493 e. The number of methoxy groups -OCH3 is 1. The van der Waals surface area contributed by atoms with Crippen molar-refractivity contribution >= 4 is 23.5 Å². The maximum absolute atomic E-state index is 12.9. The minimum absolute atomic E-state index is 0.0606. The van der Waals surface area contributed by atoms with Crippen LogP contribution in [0.3, 0.4) is 0 Å². The molecule has 25 heavy (non-hydrogen) atoms. The standard InChI is InChI=1S/C19H18ClNO4/c1-24-19(23)11-5-6-13-15(7-8-25-16(13)9-11)21-10-12-3-2-4-14(20)17(12)18(21)22/h2-6,9,12,15,17H,7-8,10H2,1H3. The van der Waals surface area contributed by atoms with Gasteiger partial charge in [0.2, 0.25) is 5.91 Å². The molecule has 3 unspecified atom stereocenters. The zero-order valence-corrected chi connectivity index (χ0v) is 14.5. The van der Waals surface area contributed by atoms with Gasteiger partial charge in [0.25, 0.3) is 0 Å². The predicted octanol–water partition coefficient (Wildman–Crippen LogP) is 3.06. The fourth-order valence-electron chi connectivity index (χ4n) is 3.89. The van der Waals surface area contributed by atoms with E-state index in [1.165, 1.54) is 7.11 Å². The highest BCUT2D eigenvalue weighted by Crippen LogP contribution is 2.44. The molecule has 2 heterocycles. The first-order chi connectivity index (χ1) is 12.1. The van der Waals surface area contributed by atoms with Gasteiger partial charge >= 0.3 is 5.97 Å². The predicted molar refractivity (Wildman–Crippen MR) is 92.4 cm³/mol. The molecule has 2 aliphatic heterocycles. The summed E-state index contributed by atoms with van der Waals surface area (Å²) in [5.74, 6) is 0.140. The van der Waals surface area contributed by atoms with E-state index in [1.54, 1.807) is 18.2 Å². The molecule has 130 valence electrons. The van der Waals surface area contributed by atoms with Gasteiger partial charge in [-0.2, -0.15) is 0 Å². The van der Waals surface area contributed by atoms with Gasteiger partial charge < -0.3 is 14.4 Å². The van der Waals surface area contributed by atoms with Gasteiger partial charge in [-0.15, -0.1) is 0 Å². The first kappa shape index (κ1) is 16.2. The number of benzene rings is 1. The lowest BCUT2D eigenvalue weighted by molar-refractivity contribution is -0.132. The van der Waals surface area contributed by atoms with Crippen LogP contribution >= 0.6 is 11.6 Å². The van der Waals surface area contributed by atoms with Gasteiger partial charge in [0.15, 0.2) is 0 Å². The zero-order valence-electron chi connectivity index (χ0n) is 13.8. The summed E-state index contributed by atoms with van der Waals surface area (Å²) in [6.45, 7) is 1.15. The number of carbonyl (C=O) groups is 2. The average molecular weight is 360 g/mol. The van der Waals surface area contributed by atoms with E-state index in [4.69, 9.17) is 21.1 Å². The van der Waals surface area contributed by atoms with Crippen molar-refractivity contribution < 1.29 is 19.1 Å². The summed E-state index contributed by atoms with van der Waals surface area (Å²) in [6.07, 6.45) is 6.49. The van der Waals surface area contributed by atoms with Gasteiger partial charge in [0.1, 0.15) is 5.75 Å². The second kappa shape index (κ2) is 6.23. The van der Waals surface area contributed by atoms with Crippen molar-refractivity contribution in [3.05, 3.63) is 52.6 Å². The van der Waals surface area contributed by atoms with Crippen LogP contribution in [0.5, 0.6) is 5.75 Å². The lowest BCUT2D eigenvalue weighted by Crippen LogP contribution is -2.35. The normalized spacial score (nSPS) is 27.3. The Hall–Kier alpha value is -2.27. The van der Waals surface area contributed by atoms with E-state index in [9.17, 15) is 9.59 Å². The smallest absolute Gasteiger partial charge is 0.337 e. The number of likely N-dealkylation sites (tertiary alicyclic amines) is 1. The zero-order chi connectivity index (χ0) is 17.6. The monoisotopic (exact) mass is 359 g/mol. The number of allylic oxidation sites excluding steroid dienone is 2. The maximum Gasteiger partial charge on any atom is 0.337 e. The van der Waals surface area contributed by atoms with Crippen LogP contribution in [0.2, 0.25) is 0 Å². The number of amides is 1. The summed E-state index contributed by atoms with van der Waals surface area (Å²) in [6, 6.07) is 5.19. The van der Waals surface area contributed by atoms with Crippen molar-refractivity contribution in [3.63, 3.8) is 0 Å². The van der Waals surface area contributed by atoms with Crippen molar-refractivity contribution in [1.82, 2.24) is 4.90 Å². The molecule has 1 aromatic rings. The van der Waals surface area contributed by atoms with Gasteiger partial charge in [-0.25, -0.2) is 4.79 Å². The summed E-state index contributed by atoms with van der Waals surface area (Å²) in [7, 11) is 1.35. The molecular formula is C19H18ClNO4. The minimum Gasteiger partial charge on any atom is -0.493 e. The molecule has 1 aliphatic carbocycles. The molecular weight excluding hydrogens is 342 g/mol. The molecule has 0 N–H and O–H groups in total. The fraction of sp³-hybridized carbons (Fsp3) is 0.368.